The number of nitriles is 1. The lowest BCUT2D eigenvalue weighted by Gasteiger charge is -2.11. The van der Waals surface area contributed by atoms with Crippen LogP contribution in [0.25, 0.3) is 11.1 Å². The highest BCUT2D eigenvalue weighted by molar-refractivity contribution is 5.91. The summed E-state index contributed by atoms with van der Waals surface area (Å²) in [5, 5.41) is 9.68. The lowest BCUT2D eigenvalue weighted by Crippen LogP contribution is -2.08. The molecule has 0 aliphatic carbocycles. The maximum atomic E-state index is 12.7. The summed E-state index contributed by atoms with van der Waals surface area (Å²) < 4.78 is 11.5. The molecule has 0 saturated carbocycles. The van der Waals surface area contributed by atoms with Crippen LogP contribution in [0.15, 0.2) is 66.7 Å². The quantitative estimate of drug-likeness (QED) is 0.0893. The Balaban J connectivity index is 1.48. The topological polar surface area (TPSA) is 59.3 Å². The molecule has 3 aromatic carbocycles. The zero-order chi connectivity index (χ0) is 29.3. The average molecular weight is 554 g/mol. The van der Waals surface area contributed by atoms with E-state index in [0.717, 1.165) is 36.3 Å². The number of nitrogens with zero attached hydrogens (tertiary/aromatic N) is 1. The SMILES string of the molecule is CCCCCCCCc1ccc(OC(=O)c2ccc(-c3ccc(OCCCCC[C@@H](C)CC)c(C#N)c3)cc2)cc1. The minimum Gasteiger partial charge on any atom is -0.492 e. The van der Waals surface area contributed by atoms with Gasteiger partial charge in [-0.25, -0.2) is 4.79 Å². The lowest BCUT2D eigenvalue weighted by molar-refractivity contribution is 0.0734. The Bertz CT molecular complexity index is 1220. The number of rotatable bonds is 18. The van der Waals surface area contributed by atoms with Crippen LogP contribution in [-0.4, -0.2) is 12.6 Å². The first-order valence-corrected chi connectivity index (χ1v) is 15.6. The van der Waals surface area contributed by atoms with Crippen LogP contribution in [0.5, 0.6) is 11.5 Å². The summed E-state index contributed by atoms with van der Waals surface area (Å²) in [5.74, 6) is 1.57. The summed E-state index contributed by atoms with van der Waals surface area (Å²) in [6.45, 7) is 7.39. The van der Waals surface area contributed by atoms with Crippen molar-refractivity contribution in [2.75, 3.05) is 6.61 Å². The normalized spacial score (nSPS) is 11.6. The fourth-order valence-corrected chi connectivity index (χ4v) is 4.88. The third kappa shape index (κ3) is 11.1. The van der Waals surface area contributed by atoms with E-state index < -0.39 is 0 Å². The molecule has 0 aliphatic heterocycles. The van der Waals surface area contributed by atoms with Gasteiger partial charge in [-0.05, 0) is 78.3 Å². The van der Waals surface area contributed by atoms with E-state index in [1.54, 1.807) is 12.1 Å². The van der Waals surface area contributed by atoms with Crippen molar-refractivity contribution in [1.82, 2.24) is 0 Å². The molecule has 0 spiro atoms. The first-order chi connectivity index (χ1) is 20.0. The average Bonchev–Trinajstić information content (AvgIpc) is 3.01. The number of hydrogen-bond donors (Lipinski definition) is 0. The van der Waals surface area contributed by atoms with Crippen LogP contribution in [0.4, 0.5) is 0 Å². The number of esters is 1. The van der Waals surface area contributed by atoms with E-state index in [-0.39, 0.29) is 5.97 Å². The van der Waals surface area contributed by atoms with E-state index >= 15 is 0 Å². The van der Waals surface area contributed by atoms with Crippen molar-refractivity contribution in [3.63, 3.8) is 0 Å². The van der Waals surface area contributed by atoms with Gasteiger partial charge in [-0.2, -0.15) is 5.26 Å². The monoisotopic (exact) mass is 553 g/mol. The van der Waals surface area contributed by atoms with E-state index in [9.17, 15) is 10.1 Å². The van der Waals surface area contributed by atoms with Gasteiger partial charge in [-0.1, -0.05) is 109 Å². The van der Waals surface area contributed by atoms with Crippen LogP contribution in [0, 0.1) is 17.2 Å². The van der Waals surface area contributed by atoms with Crippen LogP contribution >= 0.6 is 0 Å². The predicted molar refractivity (Wildman–Crippen MR) is 168 cm³/mol. The highest BCUT2D eigenvalue weighted by atomic mass is 16.5. The Labute approximate surface area is 247 Å². The molecular weight excluding hydrogens is 506 g/mol. The molecule has 0 aliphatic rings. The van der Waals surface area contributed by atoms with Gasteiger partial charge >= 0.3 is 5.97 Å². The Hall–Kier alpha value is -3.58. The Kier molecular flexibility index (Phi) is 14.0. The van der Waals surface area contributed by atoms with Crippen molar-refractivity contribution < 1.29 is 14.3 Å². The molecule has 3 rings (SSSR count). The van der Waals surface area contributed by atoms with Crippen molar-refractivity contribution >= 4 is 5.97 Å². The Morgan fingerprint density at radius 3 is 2.20 bits per heavy atom. The molecule has 41 heavy (non-hydrogen) atoms. The zero-order valence-corrected chi connectivity index (χ0v) is 25.3. The van der Waals surface area contributed by atoms with Gasteiger partial charge in [0.1, 0.15) is 17.6 Å². The number of carbonyl (C=O) groups excluding carboxylic acids is 1. The van der Waals surface area contributed by atoms with Crippen molar-refractivity contribution in [3.8, 4) is 28.7 Å². The molecule has 218 valence electrons. The largest absolute Gasteiger partial charge is 0.492 e. The summed E-state index contributed by atoms with van der Waals surface area (Å²) >= 11 is 0. The van der Waals surface area contributed by atoms with Gasteiger partial charge in [0, 0.05) is 0 Å². The molecular formula is C37H47NO3. The fraction of sp³-hybridized carbons (Fsp3) is 0.459. The Morgan fingerprint density at radius 2 is 1.49 bits per heavy atom. The van der Waals surface area contributed by atoms with Gasteiger partial charge in [0.15, 0.2) is 0 Å². The molecule has 4 heteroatoms. The standard InChI is InChI=1S/C37H47NO3/c1-4-6-7-8-9-12-15-30-16-23-35(24-17-30)41-37(39)32-20-18-31(19-21-32)33-22-25-36(34(27-33)28-38)40-26-13-10-11-14-29(3)5-2/h16-25,27,29H,4-15,26H2,1-3H3/t29-/m0/s1. The van der Waals surface area contributed by atoms with Crippen LogP contribution < -0.4 is 9.47 Å². The van der Waals surface area contributed by atoms with Crippen molar-refractivity contribution in [2.45, 2.75) is 97.8 Å². The van der Waals surface area contributed by atoms with Crippen molar-refractivity contribution in [2.24, 2.45) is 5.92 Å². The molecule has 0 heterocycles. The third-order valence-electron chi connectivity index (χ3n) is 7.80. The molecule has 3 aromatic rings. The summed E-state index contributed by atoms with van der Waals surface area (Å²) in [6.07, 6.45) is 14.6. The van der Waals surface area contributed by atoms with E-state index in [0.29, 0.717) is 29.2 Å². The van der Waals surface area contributed by atoms with Crippen molar-refractivity contribution in [1.29, 1.82) is 5.26 Å². The summed E-state index contributed by atoms with van der Waals surface area (Å²) in [4.78, 5) is 12.7. The van der Waals surface area contributed by atoms with Gasteiger partial charge in [-0.3, -0.25) is 0 Å². The summed E-state index contributed by atoms with van der Waals surface area (Å²) in [6, 6.07) is 23.1. The smallest absolute Gasteiger partial charge is 0.343 e. The van der Waals surface area contributed by atoms with E-state index in [4.69, 9.17) is 9.47 Å². The summed E-state index contributed by atoms with van der Waals surface area (Å²) in [5.41, 5.74) is 4.11. The second-order valence-corrected chi connectivity index (χ2v) is 11.2. The van der Waals surface area contributed by atoms with Gasteiger partial charge in [0.25, 0.3) is 0 Å². The van der Waals surface area contributed by atoms with Gasteiger partial charge in [0.05, 0.1) is 17.7 Å². The number of benzene rings is 3. The summed E-state index contributed by atoms with van der Waals surface area (Å²) in [7, 11) is 0. The van der Waals surface area contributed by atoms with Crippen LogP contribution in [0.2, 0.25) is 0 Å². The van der Waals surface area contributed by atoms with Crippen LogP contribution in [0.1, 0.15) is 113 Å². The van der Waals surface area contributed by atoms with E-state index in [1.165, 1.54) is 63.4 Å². The molecule has 4 nitrogen and oxygen atoms in total. The molecule has 0 fully saturated rings. The highest BCUT2D eigenvalue weighted by Crippen LogP contribution is 2.27. The lowest BCUT2D eigenvalue weighted by atomic mass is 10.0. The number of unbranched alkanes of at least 4 members (excludes halogenated alkanes) is 7. The first kappa shape index (κ1) is 31.9. The second-order valence-electron chi connectivity index (χ2n) is 11.2. The van der Waals surface area contributed by atoms with E-state index in [2.05, 4.69) is 26.8 Å². The number of ether oxygens (including phenoxy) is 2. The van der Waals surface area contributed by atoms with Crippen LogP contribution in [0.3, 0.4) is 0 Å². The molecule has 0 aromatic heterocycles. The molecule has 0 amide bonds. The minimum atomic E-state index is -0.383. The number of carbonyl (C=O) groups is 1. The first-order valence-electron chi connectivity index (χ1n) is 15.6. The number of hydrogen-bond acceptors (Lipinski definition) is 4. The fourth-order valence-electron chi connectivity index (χ4n) is 4.88. The maximum Gasteiger partial charge on any atom is 0.343 e. The predicted octanol–water partition coefficient (Wildman–Crippen LogP) is 10.3. The Morgan fingerprint density at radius 1 is 0.805 bits per heavy atom. The molecule has 0 radical (unpaired) electrons. The van der Waals surface area contributed by atoms with Gasteiger partial charge in [0.2, 0.25) is 0 Å². The maximum absolute atomic E-state index is 12.7. The molecule has 0 unspecified atom stereocenters. The second kappa shape index (κ2) is 18.0. The van der Waals surface area contributed by atoms with E-state index in [1.807, 2.05) is 54.6 Å². The minimum absolute atomic E-state index is 0.383. The molecule has 1 atom stereocenters. The molecule has 0 saturated heterocycles. The van der Waals surface area contributed by atoms with Gasteiger partial charge in [-0.15, -0.1) is 0 Å². The van der Waals surface area contributed by atoms with Crippen LogP contribution in [-0.2, 0) is 6.42 Å². The molecule has 0 N–H and O–H groups in total. The highest BCUT2D eigenvalue weighted by Gasteiger charge is 2.11. The third-order valence-corrected chi connectivity index (χ3v) is 7.80. The zero-order valence-electron chi connectivity index (χ0n) is 25.3. The molecule has 0 bridgehead atoms. The number of aryl methyl sites for hydroxylation is 1. The van der Waals surface area contributed by atoms with Crippen molar-refractivity contribution in [3.05, 3.63) is 83.4 Å². The van der Waals surface area contributed by atoms with Gasteiger partial charge < -0.3 is 9.47 Å².